The summed E-state index contributed by atoms with van der Waals surface area (Å²) in [5, 5.41) is 5.37. The van der Waals surface area contributed by atoms with Crippen molar-refractivity contribution < 1.29 is 19.1 Å². The molecule has 0 heterocycles. The van der Waals surface area contributed by atoms with Crippen LogP contribution in [0.1, 0.15) is 29.8 Å². The number of esters is 1. The fourth-order valence-corrected chi connectivity index (χ4v) is 2.19. The van der Waals surface area contributed by atoms with Gasteiger partial charge in [0.05, 0.1) is 18.4 Å². The van der Waals surface area contributed by atoms with Crippen LogP contribution in [-0.2, 0) is 14.3 Å². The highest BCUT2D eigenvalue weighted by atomic mass is 16.5. The Bertz CT molecular complexity index is 826. The second kappa shape index (κ2) is 7.82. The number of hydrogen-bond acceptors (Lipinski definition) is 4. The zero-order valence-corrected chi connectivity index (χ0v) is 15.3. The van der Waals surface area contributed by atoms with E-state index in [1.165, 1.54) is 21.0 Å². The summed E-state index contributed by atoms with van der Waals surface area (Å²) >= 11 is 0. The number of methoxy groups -OCH3 is 1. The molecule has 0 fully saturated rings. The second-order valence-electron chi connectivity index (χ2n) is 6.44. The second-order valence-corrected chi connectivity index (χ2v) is 6.44. The number of benzene rings is 2. The number of rotatable bonds is 5. The first kappa shape index (κ1) is 19.2. The van der Waals surface area contributed by atoms with Crippen molar-refractivity contribution in [1.29, 1.82) is 0 Å². The van der Waals surface area contributed by atoms with Crippen molar-refractivity contribution in [3.8, 4) is 0 Å². The summed E-state index contributed by atoms with van der Waals surface area (Å²) in [6, 6.07) is 13.8. The quantitative estimate of drug-likeness (QED) is 0.637. The van der Waals surface area contributed by atoms with E-state index in [1.807, 2.05) is 19.1 Å². The molecular weight excluding hydrogens is 332 g/mol. The third-order valence-electron chi connectivity index (χ3n) is 4.03. The van der Waals surface area contributed by atoms with Gasteiger partial charge < -0.3 is 15.4 Å². The third-order valence-corrected chi connectivity index (χ3v) is 4.03. The molecule has 0 saturated heterocycles. The van der Waals surface area contributed by atoms with Crippen LogP contribution in [0.3, 0.4) is 0 Å². The fraction of sp³-hybridized carbons (Fsp3) is 0.250. The SMILES string of the molecule is COC(=O)c1ccccc1NC(=O)C(C)(C)C(=O)Nc1ccc(C)cc1. The van der Waals surface area contributed by atoms with Gasteiger partial charge in [0.1, 0.15) is 5.41 Å². The van der Waals surface area contributed by atoms with E-state index in [-0.39, 0.29) is 5.56 Å². The van der Waals surface area contributed by atoms with Gasteiger partial charge in [-0.3, -0.25) is 9.59 Å². The molecule has 0 atom stereocenters. The van der Waals surface area contributed by atoms with Crippen molar-refractivity contribution >= 4 is 29.2 Å². The van der Waals surface area contributed by atoms with Gasteiger partial charge in [0, 0.05) is 5.69 Å². The molecule has 0 spiro atoms. The number of aryl methyl sites for hydroxylation is 1. The van der Waals surface area contributed by atoms with Crippen LogP contribution in [0.2, 0.25) is 0 Å². The fourth-order valence-electron chi connectivity index (χ4n) is 2.19. The number of nitrogens with one attached hydrogen (secondary N) is 2. The van der Waals surface area contributed by atoms with Crippen molar-refractivity contribution in [2.24, 2.45) is 5.41 Å². The Kier molecular flexibility index (Phi) is 5.77. The van der Waals surface area contributed by atoms with Gasteiger partial charge in [-0.1, -0.05) is 29.8 Å². The normalized spacial score (nSPS) is 10.8. The molecule has 0 saturated carbocycles. The minimum absolute atomic E-state index is 0.220. The zero-order chi connectivity index (χ0) is 19.3. The van der Waals surface area contributed by atoms with Crippen LogP contribution in [0.15, 0.2) is 48.5 Å². The largest absolute Gasteiger partial charge is 0.465 e. The van der Waals surface area contributed by atoms with E-state index in [2.05, 4.69) is 10.6 Å². The maximum atomic E-state index is 12.7. The molecule has 2 N–H and O–H groups in total. The first-order chi connectivity index (χ1) is 12.3. The Morgan fingerprint density at radius 1 is 0.885 bits per heavy atom. The van der Waals surface area contributed by atoms with Crippen LogP contribution in [0.4, 0.5) is 11.4 Å². The first-order valence-corrected chi connectivity index (χ1v) is 8.12. The number of anilines is 2. The highest BCUT2D eigenvalue weighted by molar-refractivity contribution is 6.15. The van der Waals surface area contributed by atoms with E-state index in [1.54, 1.807) is 36.4 Å². The smallest absolute Gasteiger partial charge is 0.339 e. The van der Waals surface area contributed by atoms with Gasteiger partial charge in [-0.25, -0.2) is 4.79 Å². The van der Waals surface area contributed by atoms with E-state index >= 15 is 0 Å². The topological polar surface area (TPSA) is 84.5 Å². The average Bonchev–Trinajstić information content (AvgIpc) is 2.63. The summed E-state index contributed by atoms with van der Waals surface area (Å²) in [6.07, 6.45) is 0. The zero-order valence-electron chi connectivity index (χ0n) is 15.3. The Morgan fingerprint density at radius 2 is 1.46 bits per heavy atom. The maximum absolute atomic E-state index is 12.7. The lowest BCUT2D eigenvalue weighted by atomic mass is 9.90. The summed E-state index contributed by atoms with van der Waals surface area (Å²) in [4.78, 5) is 37.0. The molecule has 0 aliphatic rings. The molecule has 6 heteroatoms. The summed E-state index contributed by atoms with van der Waals surface area (Å²) in [5.41, 5.74) is 0.836. The van der Waals surface area contributed by atoms with Crippen LogP contribution >= 0.6 is 0 Å². The highest BCUT2D eigenvalue weighted by Gasteiger charge is 2.36. The van der Waals surface area contributed by atoms with Gasteiger partial charge in [-0.15, -0.1) is 0 Å². The van der Waals surface area contributed by atoms with E-state index in [0.29, 0.717) is 11.4 Å². The summed E-state index contributed by atoms with van der Waals surface area (Å²) in [5.74, 6) is -1.55. The van der Waals surface area contributed by atoms with Crippen molar-refractivity contribution in [2.45, 2.75) is 20.8 Å². The van der Waals surface area contributed by atoms with Gasteiger partial charge in [-0.05, 0) is 45.0 Å². The Labute approximate surface area is 152 Å². The lowest BCUT2D eigenvalue weighted by molar-refractivity contribution is -0.135. The molecule has 2 aromatic rings. The number of carbonyl (C=O) groups is 3. The molecule has 136 valence electrons. The molecule has 26 heavy (non-hydrogen) atoms. The minimum Gasteiger partial charge on any atom is -0.465 e. The van der Waals surface area contributed by atoms with Gasteiger partial charge in [0.15, 0.2) is 0 Å². The Hall–Kier alpha value is -3.15. The van der Waals surface area contributed by atoms with Crippen LogP contribution < -0.4 is 10.6 Å². The first-order valence-electron chi connectivity index (χ1n) is 8.12. The molecule has 2 amide bonds. The molecule has 0 unspecified atom stereocenters. The third kappa shape index (κ3) is 4.27. The molecule has 0 radical (unpaired) electrons. The predicted octanol–water partition coefficient (Wildman–Crippen LogP) is 3.39. The van der Waals surface area contributed by atoms with Gasteiger partial charge >= 0.3 is 5.97 Å². The monoisotopic (exact) mass is 354 g/mol. The molecule has 0 aliphatic heterocycles. The van der Waals surface area contributed by atoms with Crippen molar-refractivity contribution in [2.75, 3.05) is 17.7 Å². The number of ether oxygens (including phenoxy) is 1. The van der Waals surface area contributed by atoms with E-state index in [0.717, 1.165) is 5.56 Å². The maximum Gasteiger partial charge on any atom is 0.339 e. The van der Waals surface area contributed by atoms with Crippen molar-refractivity contribution in [1.82, 2.24) is 0 Å². The lowest BCUT2D eigenvalue weighted by Gasteiger charge is -2.23. The summed E-state index contributed by atoms with van der Waals surface area (Å²) < 4.78 is 4.71. The number of hydrogen-bond donors (Lipinski definition) is 2. The van der Waals surface area contributed by atoms with Crippen LogP contribution in [-0.4, -0.2) is 24.9 Å². The summed E-state index contributed by atoms with van der Waals surface area (Å²) in [7, 11) is 1.26. The Morgan fingerprint density at radius 3 is 2.08 bits per heavy atom. The highest BCUT2D eigenvalue weighted by Crippen LogP contribution is 2.24. The van der Waals surface area contributed by atoms with E-state index < -0.39 is 23.2 Å². The molecular formula is C20H22N2O4. The predicted molar refractivity (Wildman–Crippen MR) is 100 cm³/mol. The van der Waals surface area contributed by atoms with Crippen molar-refractivity contribution in [3.05, 3.63) is 59.7 Å². The lowest BCUT2D eigenvalue weighted by Crippen LogP contribution is -2.41. The van der Waals surface area contributed by atoms with Crippen LogP contribution in [0.5, 0.6) is 0 Å². The average molecular weight is 354 g/mol. The van der Waals surface area contributed by atoms with Gasteiger partial charge in [0.25, 0.3) is 0 Å². The van der Waals surface area contributed by atoms with E-state index in [9.17, 15) is 14.4 Å². The molecule has 2 aromatic carbocycles. The van der Waals surface area contributed by atoms with Gasteiger partial charge in [0.2, 0.25) is 11.8 Å². The van der Waals surface area contributed by atoms with E-state index in [4.69, 9.17) is 4.74 Å². The van der Waals surface area contributed by atoms with Crippen LogP contribution in [0.25, 0.3) is 0 Å². The molecule has 0 bridgehead atoms. The standard InChI is InChI=1S/C20H22N2O4/c1-13-9-11-14(12-10-13)21-18(24)20(2,3)19(25)22-16-8-6-5-7-15(16)17(23)26-4/h5-12H,1-4H3,(H,21,24)(H,22,25). The van der Waals surface area contributed by atoms with Crippen LogP contribution in [0, 0.1) is 12.3 Å². The van der Waals surface area contributed by atoms with Crippen molar-refractivity contribution in [3.63, 3.8) is 0 Å². The number of carbonyl (C=O) groups excluding carboxylic acids is 3. The van der Waals surface area contributed by atoms with Gasteiger partial charge in [-0.2, -0.15) is 0 Å². The molecule has 6 nitrogen and oxygen atoms in total. The molecule has 2 rings (SSSR count). The minimum atomic E-state index is -1.35. The summed E-state index contributed by atoms with van der Waals surface area (Å²) in [6.45, 7) is 4.99. The molecule has 0 aliphatic carbocycles. The molecule has 0 aromatic heterocycles. The number of para-hydroxylation sites is 1. The Balaban J connectivity index is 2.16. The number of amides is 2.